The van der Waals surface area contributed by atoms with Gasteiger partial charge in [0.05, 0.1) is 10.9 Å². The highest BCUT2D eigenvalue weighted by Gasteiger charge is 2.19. The van der Waals surface area contributed by atoms with E-state index in [1.807, 2.05) is 60.7 Å². The van der Waals surface area contributed by atoms with E-state index in [0.717, 1.165) is 11.1 Å². The molecule has 3 amide bonds. The molecule has 11 heteroatoms. The van der Waals surface area contributed by atoms with Gasteiger partial charge in [0, 0.05) is 5.69 Å². The van der Waals surface area contributed by atoms with E-state index in [1.165, 1.54) is 25.1 Å². The Morgan fingerprint density at radius 2 is 1.40 bits per heavy atom. The molecule has 3 N–H and O–H groups in total. The molecule has 4 rings (SSSR count). The Morgan fingerprint density at radius 1 is 0.825 bits per heavy atom. The van der Waals surface area contributed by atoms with Crippen LogP contribution in [0.1, 0.15) is 36.9 Å². The number of ether oxygens (including phenoxy) is 2. The topological polar surface area (TPSA) is 149 Å². The summed E-state index contributed by atoms with van der Waals surface area (Å²) in [5.41, 5.74) is 1.58. The van der Waals surface area contributed by atoms with Crippen LogP contribution in [0.2, 0.25) is 0 Å². The van der Waals surface area contributed by atoms with Gasteiger partial charge in [0.1, 0.15) is 25.3 Å². The lowest BCUT2D eigenvalue weighted by Gasteiger charge is -2.15. The molecular formula is C29H28N4O7. The van der Waals surface area contributed by atoms with Gasteiger partial charge in [-0.15, -0.1) is 0 Å². The van der Waals surface area contributed by atoms with Crippen LogP contribution in [0.5, 0.6) is 0 Å². The zero-order valence-corrected chi connectivity index (χ0v) is 21.9. The molecule has 0 bridgehead atoms. The van der Waals surface area contributed by atoms with Crippen LogP contribution in [-0.4, -0.2) is 29.1 Å². The molecule has 0 fully saturated rings. The molecule has 11 nitrogen and oxygen atoms in total. The van der Waals surface area contributed by atoms with Gasteiger partial charge in [0.15, 0.2) is 0 Å². The van der Waals surface area contributed by atoms with Crippen LogP contribution in [-0.2, 0) is 27.5 Å². The first-order chi connectivity index (χ1) is 19.3. The maximum Gasteiger partial charge on any atom is 0.408 e. The molecular weight excluding hydrogens is 516 g/mol. The Bertz CT molecular complexity index is 1540. The van der Waals surface area contributed by atoms with Crippen LogP contribution >= 0.6 is 0 Å². The first kappa shape index (κ1) is 27.8. The molecule has 3 aromatic carbocycles. The monoisotopic (exact) mass is 544 g/mol. The van der Waals surface area contributed by atoms with Gasteiger partial charge < -0.3 is 29.8 Å². The molecule has 4 aromatic rings. The van der Waals surface area contributed by atoms with Crippen molar-refractivity contribution in [2.45, 2.75) is 39.1 Å². The molecule has 0 radical (unpaired) electrons. The van der Waals surface area contributed by atoms with Gasteiger partial charge in [-0.05, 0) is 43.2 Å². The normalized spacial score (nSPS) is 12.2. The highest BCUT2D eigenvalue weighted by Crippen LogP contribution is 2.18. The zero-order valence-electron chi connectivity index (χ0n) is 21.9. The SMILES string of the molecule is C[C@H](NC(=O)OCc1ccccc1)c1nc2cc(NC(=O)[C@@H](C)NC(=O)OCc3ccccc3)ccc2c(=O)o1. The summed E-state index contributed by atoms with van der Waals surface area (Å²) in [6.07, 6.45) is -1.44. The first-order valence-corrected chi connectivity index (χ1v) is 12.5. The van der Waals surface area contributed by atoms with E-state index in [4.69, 9.17) is 13.9 Å². The molecule has 0 aliphatic rings. The summed E-state index contributed by atoms with van der Waals surface area (Å²) < 4.78 is 15.6. The fourth-order valence-corrected chi connectivity index (χ4v) is 3.61. The second-order valence-electron chi connectivity index (χ2n) is 8.92. The number of anilines is 1. The Balaban J connectivity index is 1.35. The van der Waals surface area contributed by atoms with E-state index >= 15 is 0 Å². The molecule has 0 aliphatic carbocycles. The van der Waals surface area contributed by atoms with E-state index in [-0.39, 0.29) is 30.0 Å². The number of nitrogens with one attached hydrogen (secondary N) is 3. The Hall–Kier alpha value is -5.19. The summed E-state index contributed by atoms with van der Waals surface area (Å²) >= 11 is 0. The lowest BCUT2D eigenvalue weighted by atomic mass is 10.2. The third-order valence-corrected chi connectivity index (χ3v) is 5.77. The highest BCUT2D eigenvalue weighted by atomic mass is 16.6. The molecule has 2 atom stereocenters. The number of hydrogen-bond donors (Lipinski definition) is 3. The number of hydrogen-bond acceptors (Lipinski definition) is 8. The smallest absolute Gasteiger partial charge is 0.408 e. The molecule has 0 aliphatic heterocycles. The number of rotatable bonds is 9. The van der Waals surface area contributed by atoms with Crippen LogP contribution in [0.3, 0.4) is 0 Å². The van der Waals surface area contributed by atoms with Crippen molar-refractivity contribution in [2.24, 2.45) is 0 Å². The van der Waals surface area contributed by atoms with Crippen LogP contribution in [0.4, 0.5) is 15.3 Å². The van der Waals surface area contributed by atoms with E-state index in [0.29, 0.717) is 5.69 Å². The minimum atomic E-state index is -0.908. The molecule has 0 saturated carbocycles. The Kier molecular flexibility index (Phi) is 9.08. The highest BCUT2D eigenvalue weighted by molar-refractivity contribution is 5.97. The molecule has 40 heavy (non-hydrogen) atoms. The summed E-state index contributed by atoms with van der Waals surface area (Å²) in [5, 5.41) is 7.92. The summed E-state index contributed by atoms with van der Waals surface area (Å²) in [5.74, 6) is -0.538. The van der Waals surface area contributed by atoms with E-state index in [2.05, 4.69) is 20.9 Å². The zero-order chi connectivity index (χ0) is 28.5. The molecule has 0 unspecified atom stereocenters. The maximum atomic E-state index is 12.6. The van der Waals surface area contributed by atoms with Crippen LogP contribution in [0.25, 0.3) is 10.9 Å². The van der Waals surface area contributed by atoms with Crippen molar-refractivity contribution in [3.05, 3.63) is 106 Å². The predicted octanol–water partition coefficient (Wildman–Crippen LogP) is 4.43. The quantitative estimate of drug-likeness (QED) is 0.280. The fourth-order valence-electron chi connectivity index (χ4n) is 3.61. The molecule has 206 valence electrons. The Labute approximate surface area is 229 Å². The second kappa shape index (κ2) is 13.1. The van der Waals surface area contributed by atoms with Gasteiger partial charge in [-0.1, -0.05) is 60.7 Å². The summed E-state index contributed by atoms with van der Waals surface area (Å²) in [6.45, 7) is 3.25. The van der Waals surface area contributed by atoms with Crippen molar-refractivity contribution in [3.8, 4) is 0 Å². The van der Waals surface area contributed by atoms with Crippen LogP contribution in [0, 0.1) is 0 Å². The van der Waals surface area contributed by atoms with Crippen molar-refractivity contribution in [3.63, 3.8) is 0 Å². The number of alkyl carbamates (subject to hydrolysis) is 2. The van der Waals surface area contributed by atoms with E-state index in [9.17, 15) is 19.2 Å². The Morgan fingerprint density at radius 3 is 2.00 bits per heavy atom. The lowest BCUT2D eigenvalue weighted by molar-refractivity contribution is -0.117. The minimum Gasteiger partial charge on any atom is -0.445 e. The van der Waals surface area contributed by atoms with Gasteiger partial charge in [0.2, 0.25) is 11.8 Å². The number of nitrogens with zero attached hydrogens (tertiary/aromatic N) is 1. The molecule has 0 spiro atoms. The second-order valence-corrected chi connectivity index (χ2v) is 8.92. The van der Waals surface area contributed by atoms with Crippen molar-refractivity contribution < 1.29 is 28.3 Å². The maximum absolute atomic E-state index is 12.6. The largest absolute Gasteiger partial charge is 0.445 e. The number of fused-ring (bicyclic) bond motifs is 1. The number of benzene rings is 3. The van der Waals surface area contributed by atoms with Gasteiger partial charge >= 0.3 is 17.8 Å². The first-order valence-electron chi connectivity index (χ1n) is 12.5. The fraction of sp³-hybridized carbons (Fsp3) is 0.207. The molecule has 1 aromatic heterocycles. The third-order valence-electron chi connectivity index (χ3n) is 5.77. The summed E-state index contributed by atoms with van der Waals surface area (Å²) in [7, 11) is 0. The van der Waals surface area contributed by atoms with E-state index < -0.39 is 35.8 Å². The van der Waals surface area contributed by atoms with Crippen molar-refractivity contribution in [2.75, 3.05) is 5.32 Å². The van der Waals surface area contributed by atoms with Crippen molar-refractivity contribution in [1.29, 1.82) is 0 Å². The predicted molar refractivity (Wildman–Crippen MR) is 146 cm³/mol. The minimum absolute atomic E-state index is 0.0335. The average Bonchev–Trinajstić information content (AvgIpc) is 2.95. The number of carbonyl (C=O) groups excluding carboxylic acids is 3. The summed E-state index contributed by atoms with van der Waals surface area (Å²) in [4.78, 5) is 53.8. The van der Waals surface area contributed by atoms with Crippen molar-refractivity contribution in [1.82, 2.24) is 15.6 Å². The van der Waals surface area contributed by atoms with Gasteiger partial charge in [-0.25, -0.2) is 19.4 Å². The standard InChI is InChI=1S/C29H28N4O7/c1-18(30-28(36)38-16-20-9-5-3-6-10-20)25(34)32-22-13-14-23-24(15-22)33-26(40-27(23)35)19(2)31-29(37)39-17-21-11-7-4-8-12-21/h3-15,18-19H,16-17H2,1-2H3,(H,30,36)(H,31,37)(H,32,34)/t18-,19+/m1/s1. The average molecular weight is 545 g/mol. The number of carbonyl (C=O) groups is 3. The van der Waals surface area contributed by atoms with Gasteiger partial charge in [-0.2, -0.15) is 0 Å². The number of amides is 3. The lowest BCUT2D eigenvalue weighted by Crippen LogP contribution is -2.41. The van der Waals surface area contributed by atoms with Gasteiger partial charge in [-0.3, -0.25) is 4.79 Å². The molecule has 1 heterocycles. The molecule has 0 saturated heterocycles. The summed E-state index contributed by atoms with van der Waals surface area (Å²) in [6, 6.07) is 21.1. The van der Waals surface area contributed by atoms with Crippen molar-refractivity contribution >= 4 is 34.7 Å². The van der Waals surface area contributed by atoms with E-state index in [1.54, 1.807) is 6.92 Å². The van der Waals surface area contributed by atoms with Crippen LogP contribution < -0.4 is 21.6 Å². The number of aromatic nitrogens is 1. The third kappa shape index (κ3) is 7.67. The van der Waals surface area contributed by atoms with Gasteiger partial charge in [0.25, 0.3) is 0 Å². The van der Waals surface area contributed by atoms with Crippen LogP contribution in [0.15, 0.2) is 88.1 Å².